The molecule has 0 radical (unpaired) electrons. The van der Waals surface area contributed by atoms with Gasteiger partial charge in [0.25, 0.3) is 0 Å². The molecule has 0 aliphatic rings. The molecule has 0 fully saturated rings. The third kappa shape index (κ3) is 6.54. The van der Waals surface area contributed by atoms with E-state index in [0.29, 0.717) is 0 Å². The summed E-state index contributed by atoms with van der Waals surface area (Å²) in [5.74, 6) is -4.80. The van der Waals surface area contributed by atoms with Crippen LogP contribution in [0.2, 0.25) is 0 Å². The molecule has 0 heterocycles. The zero-order valence-corrected chi connectivity index (χ0v) is 11.8. The fourth-order valence-electron chi connectivity index (χ4n) is 1.03. The Morgan fingerprint density at radius 3 is 1.57 bits per heavy atom. The zero-order chi connectivity index (χ0) is 17.6. The van der Waals surface area contributed by atoms with Crippen LogP contribution in [-0.2, 0) is 14.4 Å². The van der Waals surface area contributed by atoms with Crippen molar-refractivity contribution in [2.24, 2.45) is 17.4 Å². The van der Waals surface area contributed by atoms with Crippen molar-refractivity contribution in [2.75, 3.05) is 0 Å². The van der Waals surface area contributed by atoms with Crippen LogP contribution in [0.1, 0.15) is 27.2 Å². The lowest BCUT2D eigenvalue weighted by molar-refractivity contribution is -0.192. The Morgan fingerprint density at radius 1 is 1.10 bits per heavy atom. The Morgan fingerprint density at radius 2 is 1.43 bits per heavy atom. The molecule has 7 nitrogen and oxygen atoms in total. The number of hydrogen-bond donors (Lipinski definition) is 4. The molecule has 0 bridgehead atoms. The molecule has 1 unspecified atom stereocenters. The summed E-state index contributed by atoms with van der Waals surface area (Å²) in [4.78, 5) is 31.4. The SMILES string of the molecule is CCC(N)(C(=O)O)C(=O)[C@@H](N)C(C)C.O=C(O)C(F)(F)F. The highest BCUT2D eigenvalue weighted by Crippen LogP contribution is 2.14. The van der Waals surface area contributed by atoms with Crippen molar-refractivity contribution >= 4 is 17.7 Å². The monoisotopic (exact) mass is 316 g/mol. The third-order valence-electron chi connectivity index (χ3n) is 2.64. The maximum Gasteiger partial charge on any atom is 0.490 e. The second-order valence-corrected chi connectivity index (χ2v) is 4.57. The number of carbonyl (C=O) groups excluding carboxylic acids is 1. The normalized spacial score (nSPS) is 15.5. The smallest absolute Gasteiger partial charge is 0.480 e. The largest absolute Gasteiger partial charge is 0.490 e. The van der Waals surface area contributed by atoms with Gasteiger partial charge in [-0.2, -0.15) is 13.2 Å². The quantitative estimate of drug-likeness (QED) is 0.536. The molecule has 0 saturated heterocycles. The molecule has 10 heteroatoms. The van der Waals surface area contributed by atoms with E-state index in [2.05, 4.69) is 0 Å². The van der Waals surface area contributed by atoms with Crippen LogP contribution in [0.3, 0.4) is 0 Å². The lowest BCUT2D eigenvalue weighted by Gasteiger charge is -2.26. The summed E-state index contributed by atoms with van der Waals surface area (Å²) in [6.07, 6.45) is -5.04. The van der Waals surface area contributed by atoms with Crippen LogP contribution in [0, 0.1) is 5.92 Å². The standard InChI is InChI=1S/C9H18N2O3.C2HF3O2/c1-4-9(11,8(13)14)7(12)6(10)5(2)3;3-2(4,5)1(6)7/h5-6H,4,10-11H2,1-3H3,(H,13,14);(H,6,7)/t6-,9?;/m0./s1. The molecule has 21 heavy (non-hydrogen) atoms. The number of ketones is 1. The van der Waals surface area contributed by atoms with E-state index < -0.39 is 35.5 Å². The van der Waals surface area contributed by atoms with Crippen molar-refractivity contribution in [1.82, 2.24) is 0 Å². The van der Waals surface area contributed by atoms with E-state index >= 15 is 0 Å². The number of alkyl halides is 3. The summed E-state index contributed by atoms with van der Waals surface area (Å²) in [6, 6.07) is -0.823. The molecule has 0 aromatic heterocycles. The molecule has 0 spiro atoms. The van der Waals surface area contributed by atoms with Crippen molar-refractivity contribution in [3.05, 3.63) is 0 Å². The lowest BCUT2D eigenvalue weighted by Crippen LogP contribution is -2.60. The summed E-state index contributed by atoms with van der Waals surface area (Å²) in [5, 5.41) is 16.0. The van der Waals surface area contributed by atoms with E-state index in [4.69, 9.17) is 26.5 Å². The van der Waals surface area contributed by atoms with E-state index in [1.807, 2.05) is 0 Å². The van der Waals surface area contributed by atoms with Gasteiger partial charge in [0.2, 0.25) is 0 Å². The minimum atomic E-state index is -5.08. The van der Waals surface area contributed by atoms with Crippen LogP contribution in [0.5, 0.6) is 0 Å². The molecule has 0 aromatic rings. The first-order chi connectivity index (χ1) is 9.21. The number of carboxylic acid groups (broad SMARTS) is 2. The second kappa shape index (κ2) is 7.93. The fourth-order valence-corrected chi connectivity index (χ4v) is 1.03. The number of carbonyl (C=O) groups is 3. The number of aliphatic carboxylic acids is 2. The Bertz CT molecular complexity index is 398. The van der Waals surface area contributed by atoms with Crippen LogP contribution in [-0.4, -0.2) is 45.7 Å². The van der Waals surface area contributed by atoms with Crippen LogP contribution in [0.15, 0.2) is 0 Å². The summed E-state index contributed by atoms with van der Waals surface area (Å²) in [5.41, 5.74) is 9.22. The van der Waals surface area contributed by atoms with E-state index in [1.165, 1.54) is 0 Å². The predicted molar refractivity (Wildman–Crippen MR) is 66.4 cm³/mol. The molecule has 124 valence electrons. The van der Waals surface area contributed by atoms with E-state index in [-0.39, 0.29) is 12.3 Å². The summed E-state index contributed by atoms with van der Waals surface area (Å²) in [6.45, 7) is 5.06. The average molecular weight is 316 g/mol. The Labute approximate surface area is 119 Å². The Hall–Kier alpha value is -1.68. The van der Waals surface area contributed by atoms with Crippen molar-refractivity contribution < 1.29 is 37.8 Å². The van der Waals surface area contributed by atoms with Crippen molar-refractivity contribution in [3.63, 3.8) is 0 Å². The minimum Gasteiger partial charge on any atom is -0.480 e. The maximum atomic E-state index is 11.6. The van der Waals surface area contributed by atoms with Gasteiger partial charge in [-0.05, 0) is 12.3 Å². The number of hydrogen-bond acceptors (Lipinski definition) is 5. The molecule has 0 saturated carbocycles. The molecule has 0 aliphatic carbocycles. The second-order valence-electron chi connectivity index (χ2n) is 4.57. The molecular weight excluding hydrogens is 297 g/mol. The van der Waals surface area contributed by atoms with Gasteiger partial charge < -0.3 is 21.7 Å². The number of rotatable bonds is 5. The molecule has 0 aliphatic heterocycles. The topological polar surface area (TPSA) is 144 Å². The number of halogens is 3. The molecule has 2 atom stereocenters. The number of carboxylic acids is 2. The van der Waals surface area contributed by atoms with Gasteiger partial charge in [0.15, 0.2) is 11.3 Å². The first-order valence-corrected chi connectivity index (χ1v) is 5.84. The highest BCUT2D eigenvalue weighted by atomic mass is 19.4. The highest BCUT2D eigenvalue weighted by Gasteiger charge is 2.43. The summed E-state index contributed by atoms with van der Waals surface area (Å²) in [7, 11) is 0. The molecular formula is C11H19F3N2O5. The van der Waals surface area contributed by atoms with Gasteiger partial charge in [0.05, 0.1) is 6.04 Å². The van der Waals surface area contributed by atoms with Crippen molar-refractivity contribution in [3.8, 4) is 0 Å². The molecule has 0 aromatic carbocycles. The van der Waals surface area contributed by atoms with Gasteiger partial charge in [-0.1, -0.05) is 20.8 Å². The van der Waals surface area contributed by atoms with E-state index in [9.17, 15) is 22.8 Å². The number of nitrogens with two attached hydrogens (primary N) is 2. The molecule has 6 N–H and O–H groups in total. The summed E-state index contributed by atoms with van der Waals surface area (Å²) >= 11 is 0. The van der Waals surface area contributed by atoms with Gasteiger partial charge in [-0.15, -0.1) is 0 Å². The highest BCUT2D eigenvalue weighted by molar-refractivity contribution is 6.09. The van der Waals surface area contributed by atoms with Crippen LogP contribution in [0.4, 0.5) is 13.2 Å². The van der Waals surface area contributed by atoms with Crippen LogP contribution < -0.4 is 11.5 Å². The van der Waals surface area contributed by atoms with Gasteiger partial charge in [0, 0.05) is 0 Å². The third-order valence-corrected chi connectivity index (χ3v) is 2.64. The lowest BCUT2D eigenvalue weighted by atomic mass is 9.84. The minimum absolute atomic E-state index is 0.0432. The molecule has 0 rings (SSSR count). The van der Waals surface area contributed by atoms with Gasteiger partial charge in [-0.25, -0.2) is 9.59 Å². The van der Waals surface area contributed by atoms with Crippen molar-refractivity contribution in [2.45, 2.75) is 44.9 Å². The van der Waals surface area contributed by atoms with E-state index in [1.54, 1.807) is 20.8 Å². The van der Waals surface area contributed by atoms with Crippen LogP contribution >= 0.6 is 0 Å². The Balaban J connectivity index is 0. The first kappa shape index (κ1) is 21.6. The maximum absolute atomic E-state index is 11.6. The average Bonchev–Trinajstić information content (AvgIpc) is 2.34. The van der Waals surface area contributed by atoms with Crippen molar-refractivity contribution in [1.29, 1.82) is 0 Å². The number of Topliss-reactive ketones (excluding diaryl/α,β-unsaturated/α-hetero) is 1. The van der Waals surface area contributed by atoms with Gasteiger partial charge in [-0.3, -0.25) is 4.79 Å². The predicted octanol–water partition coefficient (Wildman–Crippen LogP) is 0.364. The van der Waals surface area contributed by atoms with E-state index in [0.717, 1.165) is 0 Å². The summed E-state index contributed by atoms with van der Waals surface area (Å²) < 4.78 is 31.7. The first-order valence-electron chi connectivity index (χ1n) is 5.84. The van der Waals surface area contributed by atoms with Crippen LogP contribution in [0.25, 0.3) is 0 Å². The zero-order valence-electron chi connectivity index (χ0n) is 11.8. The van der Waals surface area contributed by atoms with Gasteiger partial charge >= 0.3 is 18.1 Å². The molecule has 0 amide bonds. The van der Waals surface area contributed by atoms with Gasteiger partial charge in [0.1, 0.15) is 0 Å². The Kier molecular flexibility index (Phi) is 8.17. The fraction of sp³-hybridized carbons (Fsp3) is 0.727.